The lowest BCUT2D eigenvalue weighted by Gasteiger charge is -2.08. The number of imidazole rings is 1. The van der Waals surface area contributed by atoms with Crippen molar-refractivity contribution in [1.82, 2.24) is 14.9 Å². The molecule has 0 aliphatic rings. The second-order valence-electron chi connectivity index (χ2n) is 3.83. The zero-order chi connectivity index (χ0) is 14.5. The molecule has 0 atom stereocenters. The topological polar surface area (TPSA) is 46.9 Å². The van der Waals surface area contributed by atoms with Gasteiger partial charge < -0.3 is 9.88 Å². The summed E-state index contributed by atoms with van der Waals surface area (Å²) < 4.78 is 26.6. The monoisotopic (exact) mass is 295 g/mol. The number of nitrogens with zero attached hydrogens (tertiary/aromatic N) is 2. The zero-order valence-corrected chi connectivity index (χ0v) is 11.2. The van der Waals surface area contributed by atoms with E-state index in [0.29, 0.717) is 22.8 Å². The Morgan fingerprint density at radius 1 is 1.50 bits per heavy atom. The molecule has 0 saturated heterocycles. The molecule has 1 aromatic carbocycles. The number of nitrogens with one attached hydrogen (secondary N) is 1. The summed E-state index contributed by atoms with van der Waals surface area (Å²) in [7, 11) is 0. The standard InChI is InChI=1S/C13H11F2N3OS/c1-2-7-16-11(19)8-18-10-6-4-3-5-9(10)17-13(18)20-12(14)15/h1,3-6,12H,7-8H2,(H,16,19). The molecule has 0 aliphatic heterocycles. The molecule has 0 bridgehead atoms. The molecule has 7 heteroatoms. The van der Waals surface area contributed by atoms with Gasteiger partial charge in [0.25, 0.3) is 5.76 Å². The molecule has 20 heavy (non-hydrogen) atoms. The van der Waals surface area contributed by atoms with Gasteiger partial charge in [0.05, 0.1) is 17.6 Å². The van der Waals surface area contributed by atoms with Crippen molar-refractivity contribution in [2.24, 2.45) is 0 Å². The number of fused-ring (bicyclic) bond motifs is 1. The third-order valence-corrected chi connectivity index (χ3v) is 3.20. The van der Waals surface area contributed by atoms with E-state index in [1.807, 2.05) is 0 Å². The number of amides is 1. The highest BCUT2D eigenvalue weighted by Crippen LogP contribution is 2.28. The normalized spacial score (nSPS) is 10.7. The van der Waals surface area contributed by atoms with Gasteiger partial charge >= 0.3 is 0 Å². The Morgan fingerprint density at radius 2 is 2.25 bits per heavy atom. The number of para-hydroxylation sites is 2. The van der Waals surface area contributed by atoms with Crippen LogP contribution in [0, 0.1) is 12.3 Å². The molecule has 0 radical (unpaired) electrons. The van der Waals surface area contributed by atoms with E-state index in [2.05, 4.69) is 16.2 Å². The van der Waals surface area contributed by atoms with Gasteiger partial charge in [-0.2, -0.15) is 8.78 Å². The Kier molecular flexibility index (Phi) is 4.58. The Labute approximate surface area is 118 Å². The summed E-state index contributed by atoms with van der Waals surface area (Å²) in [5.74, 6) is -0.663. The summed E-state index contributed by atoms with van der Waals surface area (Å²) >= 11 is 0.315. The summed E-state index contributed by atoms with van der Waals surface area (Å²) in [5.41, 5.74) is 1.20. The van der Waals surface area contributed by atoms with Crippen molar-refractivity contribution in [2.45, 2.75) is 17.5 Å². The molecule has 0 saturated carbocycles. The molecule has 0 aliphatic carbocycles. The van der Waals surface area contributed by atoms with Crippen molar-refractivity contribution in [3.05, 3.63) is 24.3 Å². The van der Waals surface area contributed by atoms with Crippen molar-refractivity contribution < 1.29 is 13.6 Å². The minimum absolute atomic E-state index is 0.1000. The largest absolute Gasteiger partial charge is 0.344 e. The first-order valence-electron chi connectivity index (χ1n) is 5.72. The van der Waals surface area contributed by atoms with Crippen LogP contribution < -0.4 is 5.32 Å². The molecular formula is C13H11F2N3OS. The lowest BCUT2D eigenvalue weighted by atomic mass is 10.3. The van der Waals surface area contributed by atoms with Crippen LogP contribution in [0.5, 0.6) is 0 Å². The highest BCUT2D eigenvalue weighted by molar-refractivity contribution is 7.99. The first-order valence-corrected chi connectivity index (χ1v) is 6.60. The number of halogens is 2. The number of hydrogen-bond donors (Lipinski definition) is 1. The van der Waals surface area contributed by atoms with E-state index in [0.717, 1.165) is 0 Å². The fourth-order valence-electron chi connectivity index (χ4n) is 1.72. The van der Waals surface area contributed by atoms with Crippen LogP contribution in [0.1, 0.15) is 0 Å². The highest BCUT2D eigenvalue weighted by Gasteiger charge is 2.17. The van der Waals surface area contributed by atoms with E-state index in [1.165, 1.54) is 4.57 Å². The lowest BCUT2D eigenvalue weighted by Crippen LogP contribution is -2.28. The van der Waals surface area contributed by atoms with Crippen LogP contribution in [0.3, 0.4) is 0 Å². The predicted octanol–water partition coefficient (Wildman–Crippen LogP) is 2.10. The molecule has 1 N–H and O–H groups in total. The minimum Gasteiger partial charge on any atom is -0.344 e. The summed E-state index contributed by atoms with van der Waals surface area (Å²) in [4.78, 5) is 15.8. The van der Waals surface area contributed by atoms with E-state index in [1.54, 1.807) is 24.3 Å². The van der Waals surface area contributed by atoms with Crippen LogP contribution in [0.25, 0.3) is 11.0 Å². The van der Waals surface area contributed by atoms with Crippen LogP contribution in [0.4, 0.5) is 8.78 Å². The van der Waals surface area contributed by atoms with Crippen LogP contribution in [0.15, 0.2) is 29.4 Å². The van der Waals surface area contributed by atoms with E-state index in [-0.39, 0.29) is 24.2 Å². The first kappa shape index (κ1) is 14.3. The van der Waals surface area contributed by atoms with Gasteiger partial charge in [-0.1, -0.05) is 18.1 Å². The lowest BCUT2D eigenvalue weighted by molar-refractivity contribution is -0.121. The number of benzene rings is 1. The molecule has 1 heterocycles. The molecule has 2 aromatic rings. The summed E-state index contributed by atoms with van der Waals surface area (Å²) in [6.45, 7) is 0.0000328. The van der Waals surface area contributed by atoms with Gasteiger partial charge in [0.2, 0.25) is 5.91 Å². The number of hydrogen-bond acceptors (Lipinski definition) is 3. The van der Waals surface area contributed by atoms with Gasteiger partial charge in [-0.3, -0.25) is 4.79 Å². The predicted molar refractivity (Wildman–Crippen MR) is 73.4 cm³/mol. The Hall–Kier alpha value is -2.07. The molecule has 2 rings (SSSR count). The molecule has 0 unspecified atom stereocenters. The second kappa shape index (κ2) is 6.39. The van der Waals surface area contributed by atoms with Crippen molar-refractivity contribution >= 4 is 28.7 Å². The number of thioether (sulfide) groups is 1. The Balaban J connectivity index is 2.33. The van der Waals surface area contributed by atoms with Gasteiger partial charge in [-0.05, 0) is 23.9 Å². The van der Waals surface area contributed by atoms with Crippen molar-refractivity contribution in [1.29, 1.82) is 0 Å². The highest BCUT2D eigenvalue weighted by atomic mass is 32.2. The maximum absolute atomic E-state index is 12.6. The third-order valence-electron chi connectivity index (χ3n) is 2.50. The minimum atomic E-state index is -2.60. The summed E-state index contributed by atoms with van der Waals surface area (Å²) in [5, 5.41) is 2.60. The van der Waals surface area contributed by atoms with Gasteiger partial charge in [0, 0.05) is 0 Å². The molecule has 4 nitrogen and oxygen atoms in total. The molecule has 0 spiro atoms. The number of alkyl halides is 2. The Bertz CT molecular complexity index is 663. The number of carbonyl (C=O) groups is 1. The van der Waals surface area contributed by atoms with E-state index in [4.69, 9.17) is 6.42 Å². The molecular weight excluding hydrogens is 284 g/mol. The average Bonchev–Trinajstić information content (AvgIpc) is 2.74. The van der Waals surface area contributed by atoms with E-state index < -0.39 is 5.76 Å². The molecule has 1 aromatic heterocycles. The number of aromatic nitrogens is 2. The van der Waals surface area contributed by atoms with E-state index in [9.17, 15) is 13.6 Å². The summed E-state index contributed by atoms with van der Waals surface area (Å²) in [6.07, 6.45) is 5.05. The van der Waals surface area contributed by atoms with Crippen LogP contribution >= 0.6 is 11.8 Å². The zero-order valence-electron chi connectivity index (χ0n) is 10.3. The number of carbonyl (C=O) groups excluding carboxylic acids is 1. The first-order chi connectivity index (χ1) is 9.61. The van der Waals surface area contributed by atoms with Crippen LogP contribution in [-0.2, 0) is 11.3 Å². The van der Waals surface area contributed by atoms with Crippen LogP contribution in [0.2, 0.25) is 0 Å². The Morgan fingerprint density at radius 3 is 2.95 bits per heavy atom. The smallest absolute Gasteiger partial charge is 0.291 e. The molecule has 0 fully saturated rings. The van der Waals surface area contributed by atoms with Crippen LogP contribution in [-0.4, -0.2) is 27.8 Å². The second-order valence-corrected chi connectivity index (χ2v) is 4.79. The maximum atomic E-state index is 12.6. The van der Waals surface area contributed by atoms with Gasteiger partial charge in [0.15, 0.2) is 5.16 Å². The SMILES string of the molecule is C#CCNC(=O)Cn1c(SC(F)F)nc2ccccc21. The van der Waals surface area contributed by atoms with Crippen molar-refractivity contribution in [2.75, 3.05) is 6.54 Å². The molecule has 104 valence electrons. The maximum Gasteiger partial charge on any atom is 0.291 e. The van der Waals surface area contributed by atoms with Gasteiger partial charge in [0.1, 0.15) is 6.54 Å². The average molecular weight is 295 g/mol. The van der Waals surface area contributed by atoms with Crippen molar-refractivity contribution in [3.63, 3.8) is 0 Å². The van der Waals surface area contributed by atoms with Crippen molar-refractivity contribution in [3.8, 4) is 12.3 Å². The fourth-order valence-corrected chi connectivity index (χ4v) is 2.33. The van der Waals surface area contributed by atoms with Gasteiger partial charge in [-0.25, -0.2) is 4.98 Å². The quantitative estimate of drug-likeness (QED) is 0.679. The number of rotatable bonds is 5. The van der Waals surface area contributed by atoms with Gasteiger partial charge in [-0.15, -0.1) is 6.42 Å². The third kappa shape index (κ3) is 3.27. The van der Waals surface area contributed by atoms with E-state index >= 15 is 0 Å². The number of terminal acetylenes is 1. The fraction of sp³-hybridized carbons (Fsp3) is 0.231. The molecule has 1 amide bonds. The summed E-state index contributed by atoms with van der Waals surface area (Å²) in [6, 6.07) is 6.96.